The van der Waals surface area contributed by atoms with Crippen LogP contribution in [0, 0.1) is 5.41 Å². The van der Waals surface area contributed by atoms with Gasteiger partial charge < -0.3 is 5.73 Å². The molecular weight excluding hydrogens is 182 g/mol. The van der Waals surface area contributed by atoms with Gasteiger partial charge in [0.15, 0.2) is 0 Å². The standard InChI is InChI=1S/C11H17N.ClH/c1-11(2,9-12)8-10-6-4-3-5-7-10;/h3-7H,8-9,12H2,1-2H3;1H. The molecule has 0 amide bonds. The highest BCUT2D eigenvalue weighted by molar-refractivity contribution is 5.85. The zero-order valence-corrected chi connectivity index (χ0v) is 9.10. The Morgan fingerprint density at radius 3 is 2.15 bits per heavy atom. The molecule has 1 nitrogen and oxygen atoms in total. The van der Waals surface area contributed by atoms with Crippen molar-refractivity contribution in [3.8, 4) is 0 Å². The summed E-state index contributed by atoms with van der Waals surface area (Å²) in [5.41, 5.74) is 7.25. The normalized spacial score (nSPS) is 10.7. The molecule has 0 bridgehead atoms. The SMILES string of the molecule is CC(C)(CN)Cc1ccccc1.Cl. The molecule has 0 radical (unpaired) electrons. The summed E-state index contributed by atoms with van der Waals surface area (Å²) >= 11 is 0. The van der Waals surface area contributed by atoms with E-state index in [4.69, 9.17) is 5.73 Å². The first-order valence-electron chi connectivity index (χ1n) is 4.38. The van der Waals surface area contributed by atoms with Gasteiger partial charge in [-0.15, -0.1) is 12.4 Å². The van der Waals surface area contributed by atoms with Gasteiger partial charge in [-0.1, -0.05) is 44.2 Å². The van der Waals surface area contributed by atoms with Crippen molar-refractivity contribution in [1.82, 2.24) is 0 Å². The Labute approximate surface area is 86.7 Å². The highest BCUT2D eigenvalue weighted by Crippen LogP contribution is 2.19. The molecule has 0 saturated heterocycles. The van der Waals surface area contributed by atoms with Crippen LogP contribution in [0.4, 0.5) is 0 Å². The lowest BCUT2D eigenvalue weighted by molar-refractivity contribution is 0.377. The average molecular weight is 200 g/mol. The molecule has 1 aromatic rings. The Bertz CT molecular complexity index is 231. The highest BCUT2D eigenvalue weighted by atomic mass is 35.5. The molecule has 0 aliphatic rings. The molecule has 0 saturated carbocycles. The molecule has 1 rings (SSSR count). The van der Waals surface area contributed by atoms with Crippen LogP contribution in [0.15, 0.2) is 30.3 Å². The Morgan fingerprint density at radius 1 is 1.15 bits per heavy atom. The molecular formula is C11H18ClN. The predicted molar refractivity (Wildman–Crippen MR) is 60.2 cm³/mol. The van der Waals surface area contributed by atoms with Crippen molar-refractivity contribution in [2.24, 2.45) is 11.1 Å². The first kappa shape index (κ1) is 12.5. The largest absolute Gasteiger partial charge is 0.330 e. The highest BCUT2D eigenvalue weighted by Gasteiger charge is 2.15. The summed E-state index contributed by atoms with van der Waals surface area (Å²) in [5.74, 6) is 0. The van der Waals surface area contributed by atoms with Crippen molar-refractivity contribution in [3.63, 3.8) is 0 Å². The quantitative estimate of drug-likeness (QED) is 0.796. The van der Waals surface area contributed by atoms with E-state index in [0.29, 0.717) is 0 Å². The van der Waals surface area contributed by atoms with E-state index in [1.165, 1.54) is 5.56 Å². The predicted octanol–water partition coefficient (Wildman–Crippen LogP) is 2.64. The Morgan fingerprint density at radius 2 is 1.69 bits per heavy atom. The Balaban J connectivity index is 0.00000144. The minimum absolute atomic E-state index is 0. The van der Waals surface area contributed by atoms with Gasteiger partial charge >= 0.3 is 0 Å². The van der Waals surface area contributed by atoms with Gasteiger partial charge in [-0.2, -0.15) is 0 Å². The summed E-state index contributed by atoms with van der Waals surface area (Å²) in [6.45, 7) is 5.13. The minimum Gasteiger partial charge on any atom is -0.330 e. The third kappa shape index (κ3) is 4.30. The molecule has 0 atom stereocenters. The smallest absolute Gasteiger partial charge is 0.00226 e. The van der Waals surface area contributed by atoms with Crippen LogP contribution in [-0.2, 0) is 6.42 Å². The molecule has 74 valence electrons. The van der Waals surface area contributed by atoms with Crippen LogP contribution in [0.2, 0.25) is 0 Å². The van der Waals surface area contributed by atoms with E-state index < -0.39 is 0 Å². The Kier molecular flexibility index (Phi) is 5.04. The van der Waals surface area contributed by atoms with Gasteiger partial charge in [0.1, 0.15) is 0 Å². The first-order chi connectivity index (χ1) is 5.64. The molecule has 2 heteroatoms. The second-order valence-corrected chi connectivity index (χ2v) is 4.03. The zero-order valence-electron chi connectivity index (χ0n) is 8.29. The lowest BCUT2D eigenvalue weighted by Crippen LogP contribution is -2.25. The van der Waals surface area contributed by atoms with Crippen LogP contribution < -0.4 is 5.73 Å². The minimum atomic E-state index is 0. The third-order valence-corrected chi connectivity index (χ3v) is 2.08. The van der Waals surface area contributed by atoms with Gasteiger partial charge in [-0.05, 0) is 23.9 Å². The summed E-state index contributed by atoms with van der Waals surface area (Å²) in [6.07, 6.45) is 1.06. The number of benzene rings is 1. The maximum absolute atomic E-state index is 5.65. The molecule has 0 aliphatic carbocycles. The van der Waals surface area contributed by atoms with E-state index in [1.807, 2.05) is 6.07 Å². The van der Waals surface area contributed by atoms with Crippen LogP contribution in [0.3, 0.4) is 0 Å². The van der Waals surface area contributed by atoms with E-state index in [9.17, 15) is 0 Å². The van der Waals surface area contributed by atoms with Crippen LogP contribution in [0.1, 0.15) is 19.4 Å². The molecule has 1 aromatic carbocycles. The number of hydrogen-bond acceptors (Lipinski definition) is 1. The van der Waals surface area contributed by atoms with Crippen LogP contribution >= 0.6 is 12.4 Å². The topological polar surface area (TPSA) is 26.0 Å². The van der Waals surface area contributed by atoms with Gasteiger partial charge in [0.25, 0.3) is 0 Å². The molecule has 13 heavy (non-hydrogen) atoms. The number of hydrogen-bond donors (Lipinski definition) is 1. The molecule has 0 aromatic heterocycles. The molecule has 0 spiro atoms. The monoisotopic (exact) mass is 199 g/mol. The Hall–Kier alpha value is -0.530. The van der Waals surface area contributed by atoms with E-state index >= 15 is 0 Å². The van der Waals surface area contributed by atoms with Crippen molar-refractivity contribution in [1.29, 1.82) is 0 Å². The van der Waals surface area contributed by atoms with Crippen molar-refractivity contribution in [2.75, 3.05) is 6.54 Å². The van der Waals surface area contributed by atoms with Crippen LogP contribution in [0.25, 0.3) is 0 Å². The van der Waals surface area contributed by atoms with Crippen molar-refractivity contribution in [2.45, 2.75) is 20.3 Å². The van der Waals surface area contributed by atoms with Crippen LogP contribution in [0.5, 0.6) is 0 Å². The van der Waals surface area contributed by atoms with Crippen molar-refractivity contribution >= 4 is 12.4 Å². The molecule has 0 aliphatic heterocycles. The summed E-state index contributed by atoms with van der Waals surface area (Å²) in [7, 11) is 0. The summed E-state index contributed by atoms with van der Waals surface area (Å²) in [4.78, 5) is 0. The number of rotatable bonds is 3. The van der Waals surface area contributed by atoms with Gasteiger partial charge in [0.05, 0.1) is 0 Å². The number of nitrogens with two attached hydrogens (primary N) is 1. The van der Waals surface area contributed by atoms with Gasteiger partial charge in [0, 0.05) is 0 Å². The second-order valence-electron chi connectivity index (χ2n) is 4.03. The van der Waals surface area contributed by atoms with Gasteiger partial charge in [-0.25, -0.2) is 0 Å². The van der Waals surface area contributed by atoms with E-state index in [2.05, 4.69) is 38.1 Å². The fraction of sp³-hybridized carbons (Fsp3) is 0.455. The second kappa shape index (κ2) is 5.25. The third-order valence-electron chi connectivity index (χ3n) is 2.08. The lowest BCUT2D eigenvalue weighted by Gasteiger charge is -2.21. The molecule has 2 N–H and O–H groups in total. The van der Waals surface area contributed by atoms with Gasteiger partial charge in [-0.3, -0.25) is 0 Å². The van der Waals surface area contributed by atoms with Gasteiger partial charge in [0.2, 0.25) is 0 Å². The maximum Gasteiger partial charge on any atom is -0.00226 e. The fourth-order valence-electron chi connectivity index (χ4n) is 1.22. The maximum atomic E-state index is 5.65. The molecule has 0 heterocycles. The molecule has 0 fully saturated rings. The fourth-order valence-corrected chi connectivity index (χ4v) is 1.22. The number of halogens is 1. The van der Waals surface area contributed by atoms with E-state index in [0.717, 1.165) is 13.0 Å². The average Bonchev–Trinajstić information content (AvgIpc) is 2.06. The lowest BCUT2D eigenvalue weighted by atomic mass is 9.86. The summed E-state index contributed by atoms with van der Waals surface area (Å²) in [6, 6.07) is 10.5. The zero-order chi connectivity index (χ0) is 9.03. The van der Waals surface area contributed by atoms with Crippen molar-refractivity contribution in [3.05, 3.63) is 35.9 Å². The summed E-state index contributed by atoms with van der Waals surface area (Å²) < 4.78 is 0. The summed E-state index contributed by atoms with van der Waals surface area (Å²) in [5, 5.41) is 0. The first-order valence-corrected chi connectivity index (χ1v) is 4.38. The van der Waals surface area contributed by atoms with Crippen LogP contribution in [-0.4, -0.2) is 6.54 Å². The van der Waals surface area contributed by atoms with Crippen molar-refractivity contribution < 1.29 is 0 Å². The molecule has 0 unspecified atom stereocenters. The van der Waals surface area contributed by atoms with E-state index in [-0.39, 0.29) is 17.8 Å². The van der Waals surface area contributed by atoms with E-state index in [1.54, 1.807) is 0 Å².